The zero-order valence-corrected chi connectivity index (χ0v) is 25.5. The highest BCUT2D eigenvalue weighted by molar-refractivity contribution is 5.86. The average Bonchev–Trinajstić information content (AvgIpc) is 2.74. The van der Waals surface area contributed by atoms with Crippen molar-refractivity contribution in [2.45, 2.75) is 105 Å². The highest BCUT2D eigenvalue weighted by atomic mass is 16.3. The van der Waals surface area contributed by atoms with E-state index in [4.69, 9.17) is 5.73 Å². The van der Waals surface area contributed by atoms with E-state index >= 15 is 0 Å². The highest BCUT2D eigenvalue weighted by Crippen LogP contribution is 2.51. The number of benzene rings is 3. The fourth-order valence-corrected chi connectivity index (χ4v) is 4.62. The first-order valence-electron chi connectivity index (χ1n) is 13.5. The van der Waals surface area contributed by atoms with Crippen LogP contribution < -0.4 is 10.6 Å². The van der Waals surface area contributed by atoms with Gasteiger partial charge in [-0.2, -0.15) is 0 Å². The van der Waals surface area contributed by atoms with Crippen molar-refractivity contribution in [1.29, 1.82) is 0 Å². The van der Waals surface area contributed by atoms with E-state index in [1.54, 1.807) is 0 Å². The van der Waals surface area contributed by atoms with Gasteiger partial charge in [-0.3, -0.25) is 0 Å². The van der Waals surface area contributed by atoms with E-state index in [0.29, 0.717) is 17.1 Å². The molecule has 0 unspecified atom stereocenters. The summed E-state index contributed by atoms with van der Waals surface area (Å²) < 4.78 is 0. The van der Waals surface area contributed by atoms with Crippen LogP contribution in [0.3, 0.4) is 0 Å². The summed E-state index contributed by atoms with van der Waals surface area (Å²) in [6.07, 6.45) is 0. The van der Waals surface area contributed by atoms with E-state index in [1.165, 1.54) is 0 Å². The van der Waals surface area contributed by atoms with Gasteiger partial charge in [0.2, 0.25) is 0 Å². The Morgan fingerprint density at radius 2 is 0.868 bits per heavy atom. The minimum Gasteiger partial charge on any atom is -0.505 e. The van der Waals surface area contributed by atoms with E-state index in [-0.39, 0.29) is 33.2 Å². The molecule has 4 nitrogen and oxygen atoms in total. The molecule has 0 saturated carbocycles. The van der Waals surface area contributed by atoms with Crippen LogP contribution in [0.15, 0.2) is 48.5 Å². The number of nitrogen functional groups attached to an aromatic ring is 1. The second-order valence-electron chi connectivity index (χ2n) is 14.7. The third kappa shape index (κ3) is 5.95. The van der Waals surface area contributed by atoms with Crippen LogP contribution in [-0.4, -0.2) is 10.2 Å². The van der Waals surface area contributed by atoms with Gasteiger partial charge in [-0.1, -0.05) is 95.2 Å². The zero-order chi connectivity index (χ0) is 29.0. The zero-order valence-electron chi connectivity index (χ0n) is 25.5. The standard InChI is InChI=1S/C34H48N2O2/c1-31(2,3)21-17-25(33(7,8)9)29(37)27(19-21)36(24-15-13-23(35)14-16-24)28-20-22(32(4,5)6)18-26(30(28)38)34(10,11)12/h13-20,37-38H,35H2,1-12H3. The molecule has 0 bridgehead atoms. The molecule has 0 amide bonds. The lowest BCUT2D eigenvalue weighted by Crippen LogP contribution is -2.21. The van der Waals surface area contributed by atoms with E-state index in [0.717, 1.165) is 27.9 Å². The number of anilines is 4. The number of hydrogen-bond donors (Lipinski definition) is 3. The van der Waals surface area contributed by atoms with Crippen molar-refractivity contribution in [3.8, 4) is 11.5 Å². The quantitative estimate of drug-likeness (QED) is 0.303. The maximum atomic E-state index is 11.9. The molecule has 3 aromatic rings. The van der Waals surface area contributed by atoms with Gasteiger partial charge in [0.1, 0.15) is 11.5 Å². The van der Waals surface area contributed by atoms with Gasteiger partial charge < -0.3 is 20.8 Å². The van der Waals surface area contributed by atoms with Gasteiger partial charge in [0.15, 0.2) is 0 Å². The Morgan fingerprint density at radius 1 is 0.526 bits per heavy atom. The van der Waals surface area contributed by atoms with Crippen LogP contribution in [-0.2, 0) is 21.7 Å². The maximum absolute atomic E-state index is 11.9. The van der Waals surface area contributed by atoms with Crippen molar-refractivity contribution in [3.05, 3.63) is 70.8 Å². The van der Waals surface area contributed by atoms with Gasteiger partial charge in [0.25, 0.3) is 0 Å². The van der Waals surface area contributed by atoms with Crippen LogP contribution in [0.2, 0.25) is 0 Å². The lowest BCUT2D eigenvalue weighted by Gasteiger charge is -2.35. The molecule has 0 aliphatic rings. The number of aromatic hydroxyl groups is 2. The molecule has 0 aliphatic heterocycles. The van der Waals surface area contributed by atoms with E-state index in [2.05, 4.69) is 107 Å². The number of nitrogens with two attached hydrogens (primary N) is 1. The van der Waals surface area contributed by atoms with Gasteiger partial charge in [-0.05, 0) is 69.2 Å². The third-order valence-electron chi connectivity index (χ3n) is 7.16. The van der Waals surface area contributed by atoms with Crippen LogP contribution in [0, 0.1) is 0 Å². The molecule has 4 heteroatoms. The van der Waals surface area contributed by atoms with E-state index in [9.17, 15) is 10.2 Å². The highest BCUT2D eigenvalue weighted by Gasteiger charge is 2.32. The monoisotopic (exact) mass is 516 g/mol. The minimum absolute atomic E-state index is 0.152. The Morgan fingerprint density at radius 3 is 1.16 bits per heavy atom. The lowest BCUT2D eigenvalue weighted by molar-refractivity contribution is 0.442. The Balaban J connectivity index is 2.55. The minimum atomic E-state index is -0.293. The molecule has 3 aromatic carbocycles. The number of rotatable bonds is 3. The molecule has 0 aliphatic carbocycles. The van der Waals surface area contributed by atoms with Crippen molar-refractivity contribution in [1.82, 2.24) is 0 Å². The molecule has 206 valence electrons. The van der Waals surface area contributed by atoms with Gasteiger partial charge in [0, 0.05) is 22.5 Å². The van der Waals surface area contributed by atoms with Crippen LogP contribution >= 0.6 is 0 Å². The first kappa shape index (κ1) is 29.4. The normalized spacial score (nSPS) is 13.1. The topological polar surface area (TPSA) is 69.7 Å². The van der Waals surface area contributed by atoms with Crippen molar-refractivity contribution in [3.63, 3.8) is 0 Å². The van der Waals surface area contributed by atoms with Crippen LogP contribution in [0.4, 0.5) is 22.7 Å². The third-order valence-corrected chi connectivity index (χ3v) is 7.16. The van der Waals surface area contributed by atoms with Crippen molar-refractivity contribution >= 4 is 22.7 Å². The lowest BCUT2D eigenvalue weighted by atomic mass is 9.78. The smallest absolute Gasteiger partial charge is 0.143 e. The number of hydrogen-bond acceptors (Lipinski definition) is 4. The molecule has 3 rings (SSSR count). The summed E-state index contributed by atoms with van der Waals surface area (Å²) in [5.74, 6) is 0.417. The molecule has 38 heavy (non-hydrogen) atoms. The summed E-state index contributed by atoms with van der Waals surface area (Å²) in [5.41, 5.74) is 11.9. The first-order chi connectivity index (χ1) is 17.1. The Hall–Kier alpha value is -3.14. The molecule has 0 atom stereocenters. The molecular weight excluding hydrogens is 468 g/mol. The number of phenols is 2. The van der Waals surface area contributed by atoms with Gasteiger partial charge >= 0.3 is 0 Å². The Labute approximate surface area is 230 Å². The largest absolute Gasteiger partial charge is 0.505 e. The fraction of sp³-hybridized carbons (Fsp3) is 0.471. The fourth-order valence-electron chi connectivity index (χ4n) is 4.62. The SMILES string of the molecule is CC(C)(C)c1cc(N(c2ccc(N)cc2)c2cc(C(C)(C)C)cc(C(C)(C)C)c2O)c(O)c(C(C)(C)C)c1. The molecule has 0 aromatic heterocycles. The maximum Gasteiger partial charge on any atom is 0.143 e. The second kappa shape index (κ2) is 9.55. The predicted octanol–water partition coefficient (Wildman–Crippen LogP) is 9.34. The summed E-state index contributed by atoms with van der Waals surface area (Å²) in [6, 6.07) is 15.9. The van der Waals surface area contributed by atoms with Crippen molar-refractivity contribution in [2.75, 3.05) is 10.6 Å². The predicted molar refractivity (Wildman–Crippen MR) is 164 cm³/mol. The van der Waals surface area contributed by atoms with Crippen molar-refractivity contribution < 1.29 is 10.2 Å². The summed E-state index contributed by atoms with van der Waals surface area (Å²) >= 11 is 0. The number of phenolic OH excluding ortho intramolecular Hbond substituents is 2. The van der Waals surface area contributed by atoms with Crippen LogP contribution in [0.5, 0.6) is 11.5 Å². The molecule has 0 spiro atoms. The molecule has 0 radical (unpaired) electrons. The average molecular weight is 517 g/mol. The summed E-state index contributed by atoms with van der Waals surface area (Å²) in [6.45, 7) is 25.7. The molecule has 0 heterocycles. The van der Waals surface area contributed by atoms with Crippen molar-refractivity contribution in [2.24, 2.45) is 0 Å². The van der Waals surface area contributed by atoms with E-state index in [1.807, 2.05) is 29.2 Å². The van der Waals surface area contributed by atoms with Gasteiger partial charge in [-0.15, -0.1) is 0 Å². The van der Waals surface area contributed by atoms with Gasteiger partial charge in [-0.25, -0.2) is 0 Å². The summed E-state index contributed by atoms with van der Waals surface area (Å²) in [7, 11) is 0. The summed E-state index contributed by atoms with van der Waals surface area (Å²) in [5, 5.41) is 23.7. The van der Waals surface area contributed by atoms with Crippen LogP contribution in [0.25, 0.3) is 0 Å². The second-order valence-corrected chi connectivity index (χ2v) is 14.7. The first-order valence-corrected chi connectivity index (χ1v) is 13.5. The molecule has 0 saturated heterocycles. The molecular formula is C34H48N2O2. The van der Waals surface area contributed by atoms with Crippen LogP contribution in [0.1, 0.15) is 105 Å². The Kier molecular flexibility index (Phi) is 7.40. The number of nitrogens with zero attached hydrogens (tertiary/aromatic N) is 1. The Bertz CT molecular complexity index is 1230. The van der Waals surface area contributed by atoms with E-state index < -0.39 is 0 Å². The molecule has 4 N–H and O–H groups in total. The summed E-state index contributed by atoms with van der Waals surface area (Å²) in [4.78, 5) is 1.99. The van der Waals surface area contributed by atoms with Gasteiger partial charge in [0.05, 0.1) is 11.4 Å². The molecule has 0 fully saturated rings.